The Balaban J connectivity index is 1.37. The summed E-state index contributed by atoms with van der Waals surface area (Å²) < 4.78 is 11.5. The predicted octanol–water partition coefficient (Wildman–Crippen LogP) is 2.46. The molecule has 0 N–H and O–H groups in total. The van der Waals surface area contributed by atoms with Crippen molar-refractivity contribution in [2.45, 2.75) is 32.0 Å². The van der Waals surface area contributed by atoms with Gasteiger partial charge in [0.2, 0.25) is 0 Å². The van der Waals surface area contributed by atoms with Gasteiger partial charge in [-0.1, -0.05) is 18.2 Å². The van der Waals surface area contributed by atoms with E-state index in [1.54, 1.807) is 0 Å². The molecule has 0 bridgehead atoms. The molecule has 0 radical (unpaired) electrons. The van der Waals surface area contributed by atoms with Crippen LogP contribution >= 0.6 is 0 Å². The Kier molecular flexibility index (Phi) is 4.29. The maximum atomic E-state index is 13.1. The second kappa shape index (κ2) is 6.83. The first kappa shape index (κ1) is 17.6. The first-order valence-electron chi connectivity index (χ1n) is 9.92. The maximum Gasteiger partial charge on any atom is 0.272 e. The Hall–Kier alpha value is -2.51. The van der Waals surface area contributed by atoms with Crippen LogP contribution in [0.2, 0.25) is 0 Å². The van der Waals surface area contributed by atoms with E-state index >= 15 is 0 Å². The molecule has 2 saturated heterocycles. The van der Waals surface area contributed by atoms with Crippen LogP contribution in [0, 0.1) is 6.92 Å². The summed E-state index contributed by atoms with van der Waals surface area (Å²) >= 11 is 0. The van der Waals surface area contributed by atoms with Crippen molar-refractivity contribution in [3.8, 4) is 0 Å². The minimum Gasteiger partial charge on any atom is -0.347 e. The van der Waals surface area contributed by atoms with Gasteiger partial charge in [0, 0.05) is 44.2 Å². The summed E-state index contributed by atoms with van der Waals surface area (Å²) in [6.45, 7) is 5.21. The quantitative estimate of drug-likeness (QED) is 0.797. The number of piperidine rings is 1. The standard InChI is InChI=1S/C21H24N4O3/c1-15-22-17(20(26)24-10-7-21(8-11-24)27-12-13-28-21)14-19(23-15)25-9-6-16-4-2-3-5-18(16)25/h2-5,14H,6-13H2,1H3. The van der Waals surface area contributed by atoms with Crippen molar-refractivity contribution >= 4 is 17.4 Å². The Morgan fingerprint density at radius 2 is 1.82 bits per heavy atom. The van der Waals surface area contributed by atoms with Crippen molar-refractivity contribution in [2.75, 3.05) is 37.7 Å². The second-order valence-corrected chi connectivity index (χ2v) is 7.59. The molecule has 0 atom stereocenters. The fourth-order valence-corrected chi connectivity index (χ4v) is 4.37. The van der Waals surface area contributed by atoms with Gasteiger partial charge < -0.3 is 19.3 Å². The largest absolute Gasteiger partial charge is 0.347 e. The number of amides is 1. The lowest BCUT2D eigenvalue weighted by molar-refractivity contribution is -0.181. The first-order chi connectivity index (χ1) is 13.6. The molecule has 1 aromatic heterocycles. The molecule has 7 heteroatoms. The van der Waals surface area contributed by atoms with Crippen LogP contribution in [-0.2, 0) is 15.9 Å². The van der Waals surface area contributed by atoms with Crippen LogP contribution in [0.4, 0.5) is 11.5 Å². The summed E-state index contributed by atoms with van der Waals surface area (Å²) in [5.74, 6) is 0.868. The van der Waals surface area contributed by atoms with E-state index in [1.165, 1.54) is 5.56 Å². The van der Waals surface area contributed by atoms with Crippen molar-refractivity contribution in [1.29, 1.82) is 0 Å². The number of anilines is 2. The number of aromatic nitrogens is 2. The zero-order valence-corrected chi connectivity index (χ0v) is 16.1. The molecular weight excluding hydrogens is 356 g/mol. The smallest absolute Gasteiger partial charge is 0.272 e. The van der Waals surface area contributed by atoms with Crippen molar-refractivity contribution in [3.63, 3.8) is 0 Å². The molecule has 28 heavy (non-hydrogen) atoms. The Labute approximate surface area is 164 Å². The lowest BCUT2D eigenvalue weighted by Gasteiger charge is -2.37. The molecule has 3 aliphatic rings. The fourth-order valence-electron chi connectivity index (χ4n) is 4.37. The van der Waals surface area contributed by atoms with E-state index in [4.69, 9.17) is 9.47 Å². The zero-order valence-electron chi connectivity index (χ0n) is 16.1. The number of carbonyl (C=O) groups excluding carboxylic acids is 1. The SMILES string of the molecule is Cc1nc(C(=O)N2CCC3(CC2)OCCO3)cc(N2CCc3ccccc32)n1. The van der Waals surface area contributed by atoms with Crippen molar-refractivity contribution in [3.05, 3.63) is 47.4 Å². The molecule has 0 unspecified atom stereocenters. The predicted molar refractivity (Wildman–Crippen MR) is 104 cm³/mol. The molecule has 1 amide bonds. The van der Waals surface area contributed by atoms with Gasteiger partial charge in [-0.3, -0.25) is 4.79 Å². The third-order valence-corrected chi connectivity index (χ3v) is 5.83. The third-order valence-electron chi connectivity index (χ3n) is 5.83. The maximum absolute atomic E-state index is 13.1. The average molecular weight is 380 g/mol. The Bertz CT molecular complexity index is 900. The van der Waals surface area contributed by atoms with Gasteiger partial charge in [0.05, 0.1) is 13.2 Å². The minimum absolute atomic E-state index is 0.0490. The number of para-hydroxylation sites is 1. The number of likely N-dealkylation sites (tertiary alicyclic amines) is 1. The number of carbonyl (C=O) groups is 1. The molecule has 2 aromatic rings. The number of rotatable bonds is 2. The molecule has 0 aliphatic carbocycles. The number of aryl methyl sites for hydroxylation is 1. The van der Waals surface area contributed by atoms with Gasteiger partial charge in [-0.2, -0.15) is 0 Å². The van der Waals surface area contributed by atoms with Crippen LogP contribution in [-0.4, -0.2) is 59.4 Å². The molecule has 5 rings (SSSR count). The van der Waals surface area contributed by atoms with Crippen molar-refractivity contribution in [2.24, 2.45) is 0 Å². The molecule has 4 heterocycles. The van der Waals surface area contributed by atoms with Gasteiger partial charge in [0.1, 0.15) is 17.3 Å². The van der Waals surface area contributed by atoms with Crippen LogP contribution in [0.25, 0.3) is 0 Å². The van der Waals surface area contributed by atoms with Crippen LogP contribution < -0.4 is 4.90 Å². The number of nitrogens with zero attached hydrogens (tertiary/aromatic N) is 4. The van der Waals surface area contributed by atoms with Gasteiger partial charge in [0.15, 0.2) is 5.79 Å². The molecule has 3 aliphatic heterocycles. The van der Waals surface area contributed by atoms with E-state index in [1.807, 2.05) is 24.0 Å². The summed E-state index contributed by atoms with van der Waals surface area (Å²) in [5, 5.41) is 0. The van der Waals surface area contributed by atoms with E-state index in [9.17, 15) is 4.79 Å². The number of ether oxygens (including phenoxy) is 2. The van der Waals surface area contributed by atoms with Crippen LogP contribution in [0.3, 0.4) is 0 Å². The molecule has 2 fully saturated rings. The molecule has 1 spiro atoms. The highest BCUT2D eigenvalue weighted by Gasteiger charge is 2.41. The molecule has 7 nitrogen and oxygen atoms in total. The Morgan fingerprint density at radius 3 is 2.61 bits per heavy atom. The molecule has 1 aromatic carbocycles. The van der Waals surface area contributed by atoms with E-state index in [-0.39, 0.29) is 5.91 Å². The summed E-state index contributed by atoms with van der Waals surface area (Å²) in [6.07, 6.45) is 2.39. The van der Waals surface area contributed by atoms with Crippen LogP contribution in [0.5, 0.6) is 0 Å². The van der Waals surface area contributed by atoms with Crippen LogP contribution in [0.1, 0.15) is 34.7 Å². The number of hydrogen-bond acceptors (Lipinski definition) is 6. The summed E-state index contributed by atoms with van der Waals surface area (Å²) in [7, 11) is 0. The first-order valence-corrected chi connectivity index (χ1v) is 9.92. The second-order valence-electron chi connectivity index (χ2n) is 7.59. The molecule has 0 saturated carbocycles. The van der Waals surface area contributed by atoms with E-state index in [2.05, 4.69) is 33.1 Å². The van der Waals surface area contributed by atoms with E-state index in [0.29, 0.717) is 50.7 Å². The Morgan fingerprint density at radius 1 is 1.07 bits per heavy atom. The van der Waals surface area contributed by atoms with Gasteiger partial charge in [-0.25, -0.2) is 9.97 Å². The van der Waals surface area contributed by atoms with Gasteiger partial charge >= 0.3 is 0 Å². The molecule has 146 valence electrons. The highest BCUT2D eigenvalue weighted by Crippen LogP contribution is 2.34. The van der Waals surface area contributed by atoms with E-state index in [0.717, 1.165) is 24.5 Å². The summed E-state index contributed by atoms with van der Waals surface area (Å²) in [6, 6.07) is 10.2. The normalized spacial score (nSPS) is 20.6. The molecular formula is C21H24N4O3. The summed E-state index contributed by atoms with van der Waals surface area (Å²) in [4.78, 5) is 26.2. The highest BCUT2D eigenvalue weighted by atomic mass is 16.7. The highest BCUT2D eigenvalue weighted by molar-refractivity contribution is 5.93. The fraction of sp³-hybridized carbons (Fsp3) is 0.476. The zero-order chi connectivity index (χ0) is 19.1. The third kappa shape index (κ3) is 3.04. The topological polar surface area (TPSA) is 67.8 Å². The van der Waals surface area contributed by atoms with Gasteiger partial charge in [-0.15, -0.1) is 0 Å². The lowest BCUT2D eigenvalue weighted by Crippen LogP contribution is -2.47. The van der Waals surface area contributed by atoms with Gasteiger partial charge in [-0.05, 0) is 25.0 Å². The van der Waals surface area contributed by atoms with E-state index < -0.39 is 5.79 Å². The van der Waals surface area contributed by atoms with Gasteiger partial charge in [0.25, 0.3) is 5.91 Å². The number of benzene rings is 1. The minimum atomic E-state index is -0.483. The van der Waals surface area contributed by atoms with Crippen molar-refractivity contribution in [1.82, 2.24) is 14.9 Å². The lowest BCUT2D eigenvalue weighted by atomic mass is 10.0. The monoisotopic (exact) mass is 380 g/mol. The van der Waals surface area contributed by atoms with Crippen LogP contribution in [0.15, 0.2) is 30.3 Å². The number of hydrogen-bond donors (Lipinski definition) is 0. The number of fused-ring (bicyclic) bond motifs is 1. The summed E-state index contributed by atoms with van der Waals surface area (Å²) in [5.41, 5.74) is 2.93. The average Bonchev–Trinajstić information content (AvgIpc) is 3.35. The van der Waals surface area contributed by atoms with Crippen molar-refractivity contribution < 1.29 is 14.3 Å².